The molecule has 0 atom stereocenters. The van der Waals surface area contributed by atoms with Crippen molar-refractivity contribution in [2.75, 3.05) is 12.9 Å². The smallest absolute Gasteiger partial charge is 0.261 e. The Balaban J connectivity index is 2.21. The number of hydrogen-bond acceptors (Lipinski definition) is 3. The van der Waals surface area contributed by atoms with Gasteiger partial charge in [0.15, 0.2) is 5.78 Å². The van der Waals surface area contributed by atoms with E-state index in [0.29, 0.717) is 29.0 Å². The molecule has 5 heteroatoms. The maximum Gasteiger partial charge on any atom is 0.261 e. The summed E-state index contributed by atoms with van der Waals surface area (Å²) in [5, 5.41) is 0. The highest BCUT2D eigenvalue weighted by atomic mass is 35.5. The number of carbonyl (C=O) groups is 3. The summed E-state index contributed by atoms with van der Waals surface area (Å²) in [5.74, 6) is -0.158. The lowest BCUT2D eigenvalue weighted by Gasteiger charge is -2.03. The third-order valence-electron chi connectivity index (χ3n) is 3.20. The van der Waals surface area contributed by atoms with Gasteiger partial charge in [-0.25, -0.2) is 0 Å². The molecule has 1 aromatic carbocycles. The Morgan fingerprint density at radius 3 is 2.53 bits per heavy atom. The molecule has 0 fully saturated rings. The van der Waals surface area contributed by atoms with E-state index in [1.807, 2.05) is 0 Å². The van der Waals surface area contributed by atoms with E-state index in [4.69, 9.17) is 11.6 Å². The maximum atomic E-state index is 11.9. The first-order valence-electron chi connectivity index (χ1n) is 6.12. The number of benzene rings is 1. The van der Waals surface area contributed by atoms with Crippen LogP contribution in [0, 0.1) is 0 Å². The first-order chi connectivity index (χ1) is 9.06. The number of rotatable bonds is 5. The molecule has 0 spiro atoms. The number of alkyl halides is 1. The molecule has 19 heavy (non-hydrogen) atoms. The van der Waals surface area contributed by atoms with E-state index in [2.05, 4.69) is 0 Å². The highest BCUT2D eigenvalue weighted by Crippen LogP contribution is 2.23. The number of hydrogen-bond donors (Lipinski definition) is 0. The van der Waals surface area contributed by atoms with Gasteiger partial charge in [0, 0.05) is 24.9 Å². The molecule has 1 aromatic rings. The van der Waals surface area contributed by atoms with Gasteiger partial charge in [0.1, 0.15) is 0 Å². The highest BCUT2D eigenvalue weighted by Gasteiger charge is 2.33. The van der Waals surface area contributed by atoms with E-state index in [1.165, 1.54) is 13.1 Å². The molecule has 0 radical (unpaired) electrons. The van der Waals surface area contributed by atoms with Gasteiger partial charge in [-0.15, -0.1) is 11.6 Å². The van der Waals surface area contributed by atoms with E-state index >= 15 is 0 Å². The Bertz CT molecular complexity index is 554. The third-order valence-corrected chi connectivity index (χ3v) is 3.47. The lowest BCUT2D eigenvalue weighted by atomic mass is 10.0. The lowest BCUT2D eigenvalue weighted by Crippen LogP contribution is -2.24. The van der Waals surface area contributed by atoms with E-state index in [9.17, 15) is 14.4 Å². The Kier molecular flexibility index (Phi) is 4.00. The largest absolute Gasteiger partial charge is 0.294 e. The second-order valence-corrected chi connectivity index (χ2v) is 4.88. The third kappa shape index (κ3) is 2.54. The summed E-state index contributed by atoms with van der Waals surface area (Å²) in [6.07, 6.45) is 1.92. The number of Topliss-reactive ketones (excluding diaryl/α,β-unsaturated/α-hetero) is 1. The van der Waals surface area contributed by atoms with Gasteiger partial charge in [-0.05, 0) is 25.0 Å². The van der Waals surface area contributed by atoms with Gasteiger partial charge in [-0.2, -0.15) is 0 Å². The van der Waals surface area contributed by atoms with Crippen molar-refractivity contribution in [2.24, 2.45) is 0 Å². The number of carbonyl (C=O) groups excluding carboxylic acids is 3. The van der Waals surface area contributed by atoms with Crippen LogP contribution in [0.1, 0.15) is 50.3 Å². The molecule has 1 heterocycles. The van der Waals surface area contributed by atoms with Crippen molar-refractivity contribution >= 4 is 29.2 Å². The van der Waals surface area contributed by atoms with Crippen molar-refractivity contribution in [2.45, 2.75) is 19.3 Å². The predicted octanol–water partition coefficient (Wildman–Crippen LogP) is 2.50. The number of unbranched alkanes of at least 4 members (excludes halogenated alkanes) is 1. The lowest BCUT2D eigenvalue weighted by molar-refractivity contribution is 0.0693. The fourth-order valence-corrected chi connectivity index (χ4v) is 2.25. The van der Waals surface area contributed by atoms with Crippen LogP contribution in [0.15, 0.2) is 18.2 Å². The summed E-state index contributed by atoms with van der Waals surface area (Å²) in [6.45, 7) is 0. The molecule has 0 aliphatic carbocycles. The SMILES string of the molecule is CN1C(=O)c2ccc(C(=O)CCCCCl)cc2C1=O. The Morgan fingerprint density at radius 1 is 1.16 bits per heavy atom. The van der Waals surface area contributed by atoms with Gasteiger partial charge in [-0.1, -0.05) is 6.07 Å². The van der Waals surface area contributed by atoms with E-state index in [0.717, 1.165) is 17.7 Å². The topological polar surface area (TPSA) is 54.5 Å². The monoisotopic (exact) mass is 279 g/mol. The van der Waals surface area contributed by atoms with Crippen molar-refractivity contribution in [1.29, 1.82) is 0 Å². The summed E-state index contributed by atoms with van der Waals surface area (Å²) in [5.41, 5.74) is 1.16. The zero-order valence-corrected chi connectivity index (χ0v) is 11.4. The minimum absolute atomic E-state index is 0.0253. The van der Waals surface area contributed by atoms with Crippen molar-refractivity contribution in [3.63, 3.8) is 0 Å². The normalized spacial score (nSPS) is 13.9. The van der Waals surface area contributed by atoms with Gasteiger partial charge >= 0.3 is 0 Å². The number of halogens is 1. The molecule has 2 amide bonds. The molecule has 0 N–H and O–H groups in total. The minimum atomic E-state index is -0.351. The van der Waals surface area contributed by atoms with Gasteiger partial charge in [0.2, 0.25) is 0 Å². The van der Waals surface area contributed by atoms with Gasteiger partial charge in [-0.3, -0.25) is 19.3 Å². The van der Waals surface area contributed by atoms with Crippen molar-refractivity contribution < 1.29 is 14.4 Å². The first-order valence-corrected chi connectivity index (χ1v) is 6.65. The molecule has 0 bridgehead atoms. The summed E-state index contributed by atoms with van der Waals surface area (Å²) >= 11 is 5.56. The molecule has 2 rings (SSSR count). The van der Waals surface area contributed by atoms with Crippen LogP contribution in [0.2, 0.25) is 0 Å². The molecular formula is C14H14ClNO3. The molecular weight excluding hydrogens is 266 g/mol. The highest BCUT2D eigenvalue weighted by molar-refractivity contribution is 6.21. The number of ketones is 1. The zero-order chi connectivity index (χ0) is 14.0. The van der Waals surface area contributed by atoms with E-state index in [-0.39, 0.29) is 17.6 Å². The van der Waals surface area contributed by atoms with Crippen LogP contribution in [0.4, 0.5) is 0 Å². The number of amides is 2. The molecule has 0 unspecified atom stereocenters. The van der Waals surface area contributed by atoms with Crippen LogP contribution in [0.5, 0.6) is 0 Å². The van der Waals surface area contributed by atoms with Crippen molar-refractivity contribution in [3.8, 4) is 0 Å². The second-order valence-electron chi connectivity index (χ2n) is 4.50. The summed E-state index contributed by atoms with van der Waals surface area (Å²) in [6, 6.07) is 4.67. The van der Waals surface area contributed by atoms with Crippen LogP contribution in [0.25, 0.3) is 0 Å². The molecule has 1 aliphatic rings. The average Bonchev–Trinajstić information content (AvgIpc) is 2.64. The van der Waals surface area contributed by atoms with Gasteiger partial charge < -0.3 is 0 Å². The van der Waals surface area contributed by atoms with Crippen LogP contribution < -0.4 is 0 Å². The fourth-order valence-electron chi connectivity index (χ4n) is 2.06. The van der Waals surface area contributed by atoms with Gasteiger partial charge in [0.25, 0.3) is 11.8 Å². The fraction of sp³-hybridized carbons (Fsp3) is 0.357. The zero-order valence-electron chi connectivity index (χ0n) is 10.6. The van der Waals surface area contributed by atoms with Crippen molar-refractivity contribution in [3.05, 3.63) is 34.9 Å². The van der Waals surface area contributed by atoms with Crippen LogP contribution in [-0.2, 0) is 0 Å². The van der Waals surface area contributed by atoms with Gasteiger partial charge in [0.05, 0.1) is 11.1 Å². The molecule has 4 nitrogen and oxygen atoms in total. The predicted molar refractivity (Wildman–Crippen MR) is 71.8 cm³/mol. The molecule has 0 saturated carbocycles. The standard InChI is InChI=1S/C14H14ClNO3/c1-16-13(18)10-6-5-9(8-11(10)14(16)19)12(17)4-2-3-7-15/h5-6,8H,2-4,7H2,1H3. The summed E-state index contributed by atoms with van der Waals surface area (Å²) in [4.78, 5) is 36.5. The second kappa shape index (κ2) is 5.53. The first kappa shape index (κ1) is 13.7. The van der Waals surface area contributed by atoms with Crippen LogP contribution in [-0.4, -0.2) is 35.4 Å². The maximum absolute atomic E-state index is 11.9. The number of nitrogens with zero attached hydrogens (tertiary/aromatic N) is 1. The Morgan fingerprint density at radius 2 is 1.84 bits per heavy atom. The molecule has 0 aromatic heterocycles. The summed E-state index contributed by atoms with van der Waals surface area (Å²) in [7, 11) is 1.44. The van der Waals surface area contributed by atoms with Crippen molar-refractivity contribution in [1.82, 2.24) is 4.90 Å². The Labute approximate surface area is 116 Å². The number of fused-ring (bicyclic) bond motifs is 1. The summed E-state index contributed by atoms with van der Waals surface area (Å²) < 4.78 is 0. The molecule has 0 saturated heterocycles. The van der Waals surface area contributed by atoms with E-state index < -0.39 is 0 Å². The quantitative estimate of drug-likeness (QED) is 0.360. The van der Waals surface area contributed by atoms with Crippen LogP contribution in [0.3, 0.4) is 0 Å². The Hall–Kier alpha value is -1.68. The molecule has 100 valence electrons. The molecule has 1 aliphatic heterocycles. The van der Waals surface area contributed by atoms with Crippen LogP contribution >= 0.6 is 11.6 Å². The van der Waals surface area contributed by atoms with E-state index in [1.54, 1.807) is 12.1 Å². The average molecular weight is 280 g/mol. The minimum Gasteiger partial charge on any atom is -0.294 e. The number of imide groups is 1.